The van der Waals surface area contributed by atoms with Crippen LogP contribution in [0, 0.1) is 11.3 Å². The van der Waals surface area contributed by atoms with Gasteiger partial charge in [-0.3, -0.25) is 14.0 Å². The van der Waals surface area contributed by atoms with Gasteiger partial charge in [0.05, 0.1) is 21.8 Å². The minimum atomic E-state index is -0.364. The Morgan fingerprint density at radius 1 is 1.46 bits per heavy atom. The standard InChI is InChI=1S/C19H15N5O2S2/c1-11(18(26)23-19-21-6-7-27-19)28-10-12-8-16(25)24-15-5-3-2-4-14(15)22-17(24)13(12)9-20/h2-8,11,22H,10H2,1H3,(H,21,23,26)/t11-/m1/s1. The SMILES string of the molecule is C[C@@H](SCc1cc(=O)n2c([nH]c3ccccc32)c1C#N)C(=O)Nc1nccs1. The van der Waals surface area contributed by atoms with Crippen LogP contribution in [0.2, 0.25) is 0 Å². The van der Waals surface area contributed by atoms with Gasteiger partial charge in [-0.15, -0.1) is 23.1 Å². The van der Waals surface area contributed by atoms with Crippen LogP contribution in [-0.4, -0.2) is 25.5 Å². The number of anilines is 1. The van der Waals surface area contributed by atoms with Crippen molar-refractivity contribution in [3.8, 4) is 6.07 Å². The molecule has 0 aliphatic carbocycles. The number of hydrogen-bond donors (Lipinski definition) is 2. The Bertz CT molecular complexity index is 1270. The van der Waals surface area contributed by atoms with Gasteiger partial charge < -0.3 is 10.3 Å². The van der Waals surface area contributed by atoms with E-state index in [2.05, 4.69) is 21.4 Å². The number of benzene rings is 1. The average Bonchev–Trinajstić information content (AvgIpc) is 3.33. The van der Waals surface area contributed by atoms with Crippen LogP contribution < -0.4 is 10.9 Å². The second-order valence-electron chi connectivity index (χ2n) is 6.10. The van der Waals surface area contributed by atoms with Crippen molar-refractivity contribution in [2.24, 2.45) is 0 Å². The Morgan fingerprint density at radius 3 is 3.04 bits per heavy atom. The van der Waals surface area contributed by atoms with Gasteiger partial charge in [-0.05, 0) is 24.6 Å². The Balaban J connectivity index is 1.62. The van der Waals surface area contributed by atoms with E-state index in [9.17, 15) is 14.9 Å². The van der Waals surface area contributed by atoms with Crippen LogP contribution in [-0.2, 0) is 10.5 Å². The lowest BCUT2D eigenvalue weighted by Gasteiger charge is -2.11. The van der Waals surface area contributed by atoms with Crippen molar-refractivity contribution >= 4 is 50.8 Å². The molecule has 0 aliphatic rings. The molecule has 0 radical (unpaired) electrons. The van der Waals surface area contributed by atoms with E-state index < -0.39 is 0 Å². The van der Waals surface area contributed by atoms with Crippen molar-refractivity contribution in [1.29, 1.82) is 5.26 Å². The molecule has 0 fully saturated rings. The molecule has 28 heavy (non-hydrogen) atoms. The van der Waals surface area contributed by atoms with Crippen LogP contribution in [0.4, 0.5) is 5.13 Å². The first-order valence-corrected chi connectivity index (χ1v) is 10.4. The number of thiazole rings is 1. The number of nitriles is 1. The number of hydrogen-bond acceptors (Lipinski definition) is 6. The molecule has 2 N–H and O–H groups in total. The zero-order chi connectivity index (χ0) is 19.7. The smallest absolute Gasteiger partial charge is 0.257 e. The fraction of sp³-hybridized carbons (Fsp3) is 0.158. The molecular formula is C19H15N5O2S2. The number of aromatic amines is 1. The van der Waals surface area contributed by atoms with Crippen molar-refractivity contribution in [2.75, 3.05) is 5.32 Å². The first kappa shape index (κ1) is 18.3. The lowest BCUT2D eigenvalue weighted by Crippen LogP contribution is -2.22. The van der Waals surface area contributed by atoms with E-state index in [-0.39, 0.29) is 16.7 Å². The van der Waals surface area contributed by atoms with Crippen LogP contribution in [0.1, 0.15) is 18.1 Å². The fourth-order valence-electron chi connectivity index (χ4n) is 2.94. The molecule has 0 bridgehead atoms. The molecule has 3 heterocycles. The van der Waals surface area contributed by atoms with Crippen LogP contribution >= 0.6 is 23.1 Å². The summed E-state index contributed by atoms with van der Waals surface area (Å²) in [5.74, 6) is 0.207. The van der Waals surface area contributed by atoms with Crippen LogP contribution in [0.15, 0.2) is 46.7 Å². The molecular weight excluding hydrogens is 394 g/mol. The lowest BCUT2D eigenvalue weighted by molar-refractivity contribution is -0.115. The molecule has 4 aromatic rings. The maximum Gasteiger partial charge on any atom is 0.257 e. The summed E-state index contributed by atoms with van der Waals surface area (Å²) in [5, 5.41) is 14.4. The number of rotatable bonds is 5. The number of amides is 1. The van der Waals surface area contributed by atoms with E-state index in [1.165, 1.54) is 33.6 Å². The molecule has 1 amide bonds. The van der Waals surface area contributed by atoms with Gasteiger partial charge in [0.1, 0.15) is 11.7 Å². The molecule has 0 saturated carbocycles. The highest BCUT2D eigenvalue weighted by atomic mass is 32.2. The fourth-order valence-corrected chi connectivity index (χ4v) is 4.34. The first-order chi connectivity index (χ1) is 13.6. The van der Waals surface area contributed by atoms with Crippen molar-refractivity contribution in [3.63, 3.8) is 0 Å². The van der Waals surface area contributed by atoms with Gasteiger partial charge in [0, 0.05) is 23.4 Å². The van der Waals surface area contributed by atoms with Crippen LogP contribution in [0.25, 0.3) is 16.7 Å². The van der Waals surface area contributed by atoms with E-state index in [1.54, 1.807) is 18.5 Å². The number of imidazole rings is 1. The van der Waals surface area contributed by atoms with Crippen molar-refractivity contribution in [3.05, 3.63) is 63.4 Å². The predicted octanol–water partition coefficient (Wildman–Crippen LogP) is 3.37. The molecule has 0 aliphatic heterocycles. The third kappa shape index (κ3) is 3.28. The summed E-state index contributed by atoms with van der Waals surface area (Å²) in [5.41, 5.74) is 2.81. The maximum absolute atomic E-state index is 12.7. The molecule has 4 rings (SSSR count). The third-order valence-corrected chi connectivity index (χ3v) is 6.21. The summed E-state index contributed by atoms with van der Waals surface area (Å²) < 4.78 is 1.51. The summed E-state index contributed by atoms with van der Waals surface area (Å²) in [6.45, 7) is 1.79. The van der Waals surface area contributed by atoms with Gasteiger partial charge in [-0.1, -0.05) is 12.1 Å². The second-order valence-corrected chi connectivity index (χ2v) is 8.32. The monoisotopic (exact) mass is 409 g/mol. The highest BCUT2D eigenvalue weighted by Gasteiger charge is 2.18. The summed E-state index contributed by atoms with van der Waals surface area (Å²) in [6.07, 6.45) is 1.63. The number of nitrogens with zero attached hydrogens (tertiary/aromatic N) is 3. The number of H-pyrrole nitrogens is 1. The zero-order valence-corrected chi connectivity index (χ0v) is 16.4. The molecule has 1 aromatic carbocycles. The Kier molecular flexibility index (Phi) is 4.90. The third-order valence-electron chi connectivity index (χ3n) is 4.33. The minimum Gasteiger partial charge on any atom is -0.338 e. The Morgan fingerprint density at radius 2 is 2.29 bits per heavy atom. The van der Waals surface area contributed by atoms with Crippen molar-refractivity contribution < 1.29 is 4.79 Å². The number of nitrogens with one attached hydrogen (secondary N) is 2. The number of para-hydroxylation sites is 2. The van der Waals surface area contributed by atoms with Crippen LogP contribution in [0.3, 0.4) is 0 Å². The predicted molar refractivity (Wildman–Crippen MR) is 112 cm³/mol. The second kappa shape index (κ2) is 7.50. The number of thioether (sulfide) groups is 1. The molecule has 140 valence electrons. The molecule has 7 nitrogen and oxygen atoms in total. The molecule has 0 saturated heterocycles. The number of aromatic nitrogens is 3. The van der Waals surface area contributed by atoms with Crippen molar-refractivity contribution in [2.45, 2.75) is 17.9 Å². The lowest BCUT2D eigenvalue weighted by atomic mass is 10.1. The normalized spacial score (nSPS) is 12.1. The largest absolute Gasteiger partial charge is 0.338 e. The van der Waals surface area contributed by atoms with Crippen LogP contribution in [0.5, 0.6) is 0 Å². The number of fused-ring (bicyclic) bond motifs is 3. The molecule has 0 unspecified atom stereocenters. The quantitative estimate of drug-likeness (QED) is 0.526. The summed E-state index contributed by atoms with van der Waals surface area (Å²) in [6, 6.07) is 11.1. The molecule has 0 spiro atoms. The zero-order valence-electron chi connectivity index (χ0n) is 14.8. The maximum atomic E-state index is 12.7. The van der Waals surface area contributed by atoms with E-state index in [4.69, 9.17) is 0 Å². The summed E-state index contributed by atoms with van der Waals surface area (Å²) >= 11 is 2.72. The van der Waals surface area contributed by atoms with E-state index in [0.717, 1.165) is 11.0 Å². The van der Waals surface area contributed by atoms with Gasteiger partial charge in [0.15, 0.2) is 5.13 Å². The Labute approximate surface area is 168 Å². The molecule has 9 heteroatoms. The highest BCUT2D eigenvalue weighted by molar-refractivity contribution is 7.99. The van der Waals surface area contributed by atoms with Crippen molar-refractivity contribution in [1.82, 2.24) is 14.4 Å². The topological polar surface area (TPSA) is 103 Å². The van der Waals surface area contributed by atoms with Gasteiger partial charge in [0.25, 0.3) is 5.56 Å². The summed E-state index contributed by atoms with van der Waals surface area (Å²) in [7, 11) is 0. The van der Waals surface area contributed by atoms with E-state index in [1.807, 2.05) is 24.3 Å². The number of carbonyl (C=O) groups is 1. The highest BCUT2D eigenvalue weighted by Crippen LogP contribution is 2.25. The van der Waals surface area contributed by atoms with Gasteiger partial charge in [-0.2, -0.15) is 5.26 Å². The number of pyridine rings is 1. The van der Waals surface area contributed by atoms with Gasteiger partial charge in [-0.25, -0.2) is 4.98 Å². The first-order valence-electron chi connectivity index (χ1n) is 8.46. The van der Waals surface area contributed by atoms with Gasteiger partial charge >= 0.3 is 0 Å². The molecule has 3 aromatic heterocycles. The van der Waals surface area contributed by atoms with E-state index in [0.29, 0.717) is 27.7 Å². The summed E-state index contributed by atoms with van der Waals surface area (Å²) in [4.78, 5) is 32.2. The Hall–Kier alpha value is -3.09. The van der Waals surface area contributed by atoms with Gasteiger partial charge in [0.2, 0.25) is 5.91 Å². The molecule has 1 atom stereocenters. The minimum absolute atomic E-state index is 0.165. The number of carbonyl (C=O) groups excluding carboxylic acids is 1. The average molecular weight is 409 g/mol. The van der Waals surface area contributed by atoms with E-state index >= 15 is 0 Å².